The summed E-state index contributed by atoms with van der Waals surface area (Å²) in [6.45, 7) is 2.00. The number of aliphatic carboxylic acids is 1. The van der Waals surface area contributed by atoms with E-state index in [-0.39, 0.29) is 25.4 Å². The summed E-state index contributed by atoms with van der Waals surface area (Å²) in [5.41, 5.74) is 0.631. The van der Waals surface area contributed by atoms with Crippen LogP contribution in [-0.4, -0.2) is 47.8 Å². The molecule has 2 rings (SSSR count). The first-order valence-electron chi connectivity index (χ1n) is 6.14. The van der Waals surface area contributed by atoms with E-state index in [9.17, 15) is 14.0 Å². The van der Waals surface area contributed by atoms with E-state index in [1.807, 2.05) is 0 Å². The number of urea groups is 1. The summed E-state index contributed by atoms with van der Waals surface area (Å²) in [5.74, 6) is -1.71. The molecule has 108 valence electrons. The van der Waals surface area contributed by atoms with Crippen molar-refractivity contribution in [2.75, 3.05) is 25.1 Å². The Balaban J connectivity index is 2.16. The summed E-state index contributed by atoms with van der Waals surface area (Å²) < 4.78 is 18.7. The number of benzene rings is 1. The Labute approximate surface area is 115 Å². The Hall–Kier alpha value is -2.15. The average Bonchev–Trinajstić information content (AvgIpc) is 2.43. The van der Waals surface area contributed by atoms with Crippen molar-refractivity contribution in [1.82, 2.24) is 4.90 Å². The minimum absolute atomic E-state index is 0.0631. The molecule has 20 heavy (non-hydrogen) atoms. The van der Waals surface area contributed by atoms with Crippen molar-refractivity contribution in [3.05, 3.63) is 29.6 Å². The van der Waals surface area contributed by atoms with Crippen LogP contribution >= 0.6 is 0 Å². The zero-order chi connectivity index (χ0) is 14.7. The van der Waals surface area contributed by atoms with Crippen molar-refractivity contribution in [3.8, 4) is 0 Å². The molecular weight excluding hydrogens is 267 g/mol. The lowest BCUT2D eigenvalue weighted by molar-refractivity contribution is -0.147. The first kappa shape index (κ1) is 14.3. The number of nitrogens with zero attached hydrogens (tertiary/aromatic N) is 1. The van der Waals surface area contributed by atoms with Crippen molar-refractivity contribution in [2.45, 2.75) is 13.0 Å². The highest BCUT2D eigenvalue weighted by atomic mass is 19.1. The number of halogens is 1. The number of hydrogen-bond acceptors (Lipinski definition) is 3. The van der Waals surface area contributed by atoms with Crippen molar-refractivity contribution >= 4 is 17.7 Å². The van der Waals surface area contributed by atoms with Gasteiger partial charge >= 0.3 is 12.0 Å². The van der Waals surface area contributed by atoms with Crippen molar-refractivity contribution < 1.29 is 23.8 Å². The van der Waals surface area contributed by atoms with Crippen LogP contribution in [0.3, 0.4) is 0 Å². The number of rotatable bonds is 2. The highest BCUT2D eigenvalue weighted by molar-refractivity contribution is 5.93. The van der Waals surface area contributed by atoms with Gasteiger partial charge in [-0.15, -0.1) is 0 Å². The Bertz CT molecular complexity index is 515. The lowest BCUT2D eigenvalue weighted by Crippen LogP contribution is -2.54. The molecule has 2 amide bonds. The van der Waals surface area contributed by atoms with E-state index in [2.05, 4.69) is 5.32 Å². The minimum atomic E-state index is -1.15. The van der Waals surface area contributed by atoms with Crippen molar-refractivity contribution in [2.24, 2.45) is 0 Å². The average molecular weight is 282 g/mol. The number of carboxylic acid groups (broad SMARTS) is 1. The molecule has 1 heterocycles. The number of morpholine rings is 1. The third-order valence-corrected chi connectivity index (χ3v) is 3.13. The van der Waals surface area contributed by atoms with E-state index in [4.69, 9.17) is 9.84 Å². The van der Waals surface area contributed by atoms with E-state index < -0.39 is 23.9 Å². The molecule has 1 saturated heterocycles. The van der Waals surface area contributed by atoms with Crippen molar-refractivity contribution in [3.63, 3.8) is 0 Å². The number of aryl methyl sites for hydroxylation is 1. The Morgan fingerprint density at radius 1 is 1.50 bits per heavy atom. The van der Waals surface area contributed by atoms with Gasteiger partial charge in [0.15, 0.2) is 6.04 Å². The van der Waals surface area contributed by atoms with E-state index in [0.29, 0.717) is 5.56 Å². The SMILES string of the molecule is Cc1cccc(F)c1NC(=O)N1CCOCC1C(=O)O. The van der Waals surface area contributed by atoms with Gasteiger partial charge in [0.2, 0.25) is 0 Å². The fraction of sp³-hybridized carbons (Fsp3) is 0.385. The number of amides is 2. The molecule has 2 N–H and O–H groups in total. The predicted octanol–water partition coefficient (Wildman–Crippen LogP) is 1.45. The molecule has 1 aromatic rings. The zero-order valence-electron chi connectivity index (χ0n) is 10.9. The van der Waals surface area contributed by atoms with E-state index in [1.54, 1.807) is 13.0 Å². The molecule has 0 saturated carbocycles. The Kier molecular flexibility index (Phi) is 4.19. The largest absolute Gasteiger partial charge is 0.480 e. The zero-order valence-corrected chi connectivity index (χ0v) is 10.9. The number of carbonyl (C=O) groups excluding carboxylic acids is 1. The number of carboxylic acids is 1. The molecule has 1 atom stereocenters. The molecule has 6 nitrogen and oxygen atoms in total. The van der Waals surface area contributed by atoms with Crippen LogP contribution in [0.5, 0.6) is 0 Å². The second-order valence-electron chi connectivity index (χ2n) is 4.48. The number of nitrogens with one attached hydrogen (secondary N) is 1. The van der Waals surface area contributed by atoms with Gasteiger partial charge in [-0.1, -0.05) is 12.1 Å². The van der Waals surface area contributed by atoms with Gasteiger partial charge in [-0.05, 0) is 18.6 Å². The molecule has 0 radical (unpaired) electrons. The number of anilines is 1. The topological polar surface area (TPSA) is 78.9 Å². The fourth-order valence-electron chi connectivity index (χ4n) is 2.02. The van der Waals surface area contributed by atoms with Crippen LogP contribution in [0, 0.1) is 12.7 Å². The van der Waals surface area contributed by atoms with Crippen LogP contribution in [0.25, 0.3) is 0 Å². The maximum Gasteiger partial charge on any atom is 0.328 e. The first-order valence-corrected chi connectivity index (χ1v) is 6.14. The predicted molar refractivity (Wildman–Crippen MR) is 69.1 cm³/mol. The quantitative estimate of drug-likeness (QED) is 0.860. The minimum Gasteiger partial charge on any atom is -0.480 e. The van der Waals surface area contributed by atoms with Crippen molar-refractivity contribution in [1.29, 1.82) is 0 Å². The van der Waals surface area contributed by atoms with Crippen LogP contribution < -0.4 is 5.32 Å². The standard InChI is InChI=1S/C13H15FN2O4/c1-8-3-2-4-9(14)11(8)15-13(19)16-5-6-20-7-10(16)12(17)18/h2-4,10H,5-7H2,1H3,(H,15,19)(H,17,18). The molecule has 1 unspecified atom stereocenters. The maximum absolute atomic E-state index is 13.7. The van der Waals surface area contributed by atoms with Crippen LogP contribution in [0.4, 0.5) is 14.9 Å². The molecule has 0 bridgehead atoms. The van der Waals surface area contributed by atoms with Gasteiger partial charge in [-0.3, -0.25) is 0 Å². The molecule has 1 fully saturated rings. The molecule has 0 aliphatic carbocycles. The van der Waals surface area contributed by atoms with E-state index in [1.165, 1.54) is 12.1 Å². The first-order chi connectivity index (χ1) is 9.50. The fourth-order valence-corrected chi connectivity index (χ4v) is 2.02. The van der Waals surface area contributed by atoms with Gasteiger partial charge in [-0.25, -0.2) is 14.0 Å². The van der Waals surface area contributed by atoms with Crippen LogP contribution in [-0.2, 0) is 9.53 Å². The lowest BCUT2D eigenvalue weighted by Gasteiger charge is -2.32. The highest BCUT2D eigenvalue weighted by Crippen LogP contribution is 2.20. The second kappa shape index (κ2) is 5.87. The van der Waals surface area contributed by atoms with Gasteiger partial charge in [0.05, 0.1) is 18.9 Å². The summed E-state index contributed by atoms with van der Waals surface area (Å²) >= 11 is 0. The summed E-state index contributed by atoms with van der Waals surface area (Å²) in [4.78, 5) is 24.3. The number of hydrogen-bond donors (Lipinski definition) is 2. The smallest absolute Gasteiger partial charge is 0.328 e. The van der Waals surface area contributed by atoms with Crippen LogP contribution in [0.2, 0.25) is 0 Å². The molecule has 1 aliphatic heterocycles. The van der Waals surface area contributed by atoms with E-state index >= 15 is 0 Å². The summed E-state index contributed by atoms with van der Waals surface area (Å²) in [6, 6.07) is 2.73. The Morgan fingerprint density at radius 2 is 2.25 bits per heavy atom. The third-order valence-electron chi connectivity index (χ3n) is 3.13. The van der Waals surface area contributed by atoms with E-state index in [0.717, 1.165) is 4.90 Å². The van der Waals surface area contributed by atoms with Gasteiger partial charge < -0.3 is 20.1 Å². The molecular formula is C13H15FN2O4. The molecule has 7 heteroatoms. The molecule has 0 spiro atoms. The highest BCUT2D eigenvalue weighted by Gasteiger charge is 2.33. The van der Waals surface area contributed by atoms with Crippen LogP contribution in [0.15, 0.2) is 18.2 Å². The summed E-state index contributed by atoms with van der Waals surface area (Å²) in [7, 11) is 0. The molecule has 1 aromatic carbocycles. The Morgan fingerprint density at radius 3 is 2.90 bits per heavy atom. The summed E-state index contributed by atoms with van der Waals surface area (Å²) in [6.07, 6.45) is 0. The number of ether oxygens (including phenoxy) is 1. The normalized spacial score (nSPS) is 18.7. The van der Waals surface area contributed by atoms with Gasteiger partial charge in [-0.2, -0.15) is 0 Å². The van der Waals surface area contributed by atoms with Gasteiger partial charge in [0.1, 0.15) is 5.82 Å². The number of carbonyl (C=O) groups is 2. The number of para-hydroxylation sites is 1. The third kappa shape index (κ3) is 2.88. The summed E-state index contributed by atoms with van der Waals surface area (Å²) in [5, 5.41) is 11.5. The monoisotopic (exact) mass is 282 g/mol. The second-order valence-corrected chi connectivity index (χ2v) is 4.48. The lowest BCUT2D eigenvalue weighted by atomic mass is 10.2. The molecule has 0 aromatic heterocycles. The van der Waals surface area contributed by atoms with Crippen LogP contribution in [0.1, 0.15) is 5.56 Å². The van der Waals surface area contributed by atoms with Gasteiger partial charge in [0, 0.05) is 6.54 Å². The van der Waals surface area contributed by atoms with Gasteiger partial charge in [0.25, 0.3) is 0 Å². The molecule has 1 aliphatic rings. The maximum atomic E-state index is 13.7.